The van der Waals surface area contributed by atoms with Crippen LogP contribution < -0.4 is 5.32 Å². The number of phenols is 1. The predicted molar refractivity (Wildman–Crippen MR) is 113 cm³/mol. The van der Waals surface area contributed by atoms with Crippen LogP contribution in [0.3, 0.4) is 0 Å². The van der Waals surface area contributed by atoms with Crippen molar-refractivity contribution in [2.24, 2.45) is 0 Å². The first-order valence-corrected chi connectivity index (χ1v) is 9.40. The van der Waals surface area contributed by atoms with Crippen LogP contribution in [0.4, 0.5) is 5.69 Å². The van der Waals surface area contributed by atoms with Crippen LogP contribution >= 0.6 is 0 Å². The highest BCUT2D eigenvalue weighted by Crippen LogP contribution is 2.41. The molecule has 2 aromatic carbocycles. The van der Waals surface area contributed by atoms with E-state index in [-0.39, 0.29) is 16.7 Å². The molecule has 0 saturated carbocycles. The van der Waals surface area contributed by atoms with Crippen LogP contribution in [0.2, 0.25) is 0 Å². The lowest BCUT2D eigenvalue weighted by Gasteiger charge is -2.28. The van der Waals surface area contributed by atoms with Gasteiger partial charge in [-0.3, -0.25) is 4.79 Å². The normalized spacial score (nSPS) is 15.8. The first-order chi connectivity index (χ1) is 12.4. The number of anilines is 1. The van der Waals surface area contributed by atoms with Gasteiger partial charge in [-0.1, -0.05) is 53.7 Å². The molecule has 0 spiro atoms. The third kappa shape index (κ3) is 3.51. The van der Waals surface area contributed by atoms with Crippen LogP contribution in [0, 0.1) is 6.92 Å². The van der Waals surface area contributed by atoms with E-state index in [2.05, 4.69) is 46.9 Å². The van der Waals surface area contributed by atoms with E-state index < -0.39 is 0 Å². The molecule has 2 aromatic rings. The summed E-state index contributed by atoms with van der Waals surface area (Å²) in [6, 6.07) is 9.90. The topological polar surface area (TPSA) is 49.3 Å². The second kappa shape index (κ2) is 6.26. The third-order valence-electron chi connectivity index (χ3n) is 5.09. The maximum atomic E-state index is 12.6. The van der Waals surface area contributed by atoms with E-state index in [0.717, 1.165) is 33.5 Å². The summed E-state index contributed by atoms with van der Waals surface area (Å²) >= 11 is 0. The smallest absolute Gasteiger partial charge is 0.256 e. The van der Waals surface area contributed by atoms with Crippen molar-refractivity contribution in [1.82, 2.24) is 0 Å². The van der Waals surface area contributed by atoms with Gasteiger partial charge in [0.15, 0.2) is 0 Å². The minimum absolute atomic E-state index is 0.0815. The molecule has 0 radical (unpaired) electrons. The van der Waals surface area contributed by atoms with Gasteiger partial charge in [-0.05, 0) is 53.2 Å². The monoisotopic (exact) mass is 363 g/mol. The molecule has 0 aliphatic carbocycles. The molecule has 1 aliphatic heterocycles. The number of nitrogens with one attached hydrogen (secondary N) is 1. The summed E-state index contributed by atoms with van der Waals surface area (Å²) in [7, 11) is 0. The average Bonchev–Trinajstić information content (AvgIpc) is 2.83. The number of aryl methyl sites for hydroxylation is 1. The molecular weight excluding hydrogens is 334 g/mol. The standard InChI is InChI=1S/C24H29NO2/c1-14-9-8-10-19-20(14)16(22(27)25-19)11-15-12-17(23(2,3)4)21(26)18(13-15)24(5,6)7/h8-13,26H,1-7H3,(H,25,27). The van der Waals surface area contributed by atoms with Crippen molar-refractivity contribution in [3.8, 4) is 5.75 Å². The Morgan fingerprint density at radius 3 is 2.04 bits per heavy atom. The van der Waals surface area contributed by atoms with Gasteiger partial charge in [-0.2, -0.15) is 0 Å². The Balaban J connectivity index is 2.25. The lowest BCUT2D eigenvalue weighted by Crippen LogP contribution is -2.17. The van der Waals surface area contributed by atoms with Crippen molar-refractivity contribution in [3.05, 3.63) is 58.1 Å². The number of benzene rings is 2. The van der Waals surface area contributed by atoms with E-state index >= 15 is 0 Å². The van der Waals surface area contributed by atoms with Crippen LogP contribution in [-0.2, 0) is 15.6 Å². The largest absolute Gasteiger partial charge is 0.507 e. The zero-order valence-electron chi connectivity index (χ0n) is 17.3. The minimum Gasteiger partial charge on any atom is -0.507 e. The number of rotatable bonds is 1. The van der Waals surface area contributed by atoms with Gasteiger partial charge >= 0.3 is 0 Å². The predicted octanol–water partition coefficient (Wildman–Crippen LogP) is 5.79. The number of amides is 1. The fourth-order valence-electron chi connectivity index (χ4n) is 3.62. The number of carbonyl (C=O) groups excluding carboxylic acids is 1. The fraction of sp³-hybridized carbons (Fsp3) is 0.375. The SMILES string of the molecule is Cc1cccc2c1C(=Cc1cc(C(C)(C)C)c(O)c(C(C)(C)C)c1)C(=O)N2. The molecule has 1 heterocycles. The molecule has 3 nitrogen and oxygen atoms in total. The van der Waals surface area contributed by atoms with E-state index in [0.29, 0.717) is 11.3 Å². The zero-order chi connectivity index (χ0) is 20.1. The third-order valence-corrected chi connectivity index (χ3v) is 5.09. The second-order valence-corrected chi connectivity index (χ2v) is 9.47. The quantitative estimate of drug-likeness (QED) is 0.630. The fourth-order valence-corrected chi connectivity index (χ4v) is 3.62. The van der Waals surface area contributed by atoms with Gasteiger partial charge in [0.25, 0.3) is 5.91 Å². The Morgan fingerprint density at radius 1 is 0.963 bits per heavy atom. The van der Waals surface area contributed by atoms with Crippen LogP contribution in [-0.4, -0.2) is 11.0 Å². The van der Waals surface area contributed by atoms with E-state index in [1.807, 2.05) is 43.3 Å². The average molecular weight is 364 g/mol. The maximum Gasteiger partial charge on any atom is 0.256 e. The number of fused-ring (bicyclic) bond motifs is 1. The summed E-state index contributed by atoms with van der Waals surface area (Å²) in [6.07, 6.45) is 1.94. The lowest BCUT2D eigenvalue weighted by atomic mass is 9.78. The highest BCUT2D eigenvalue weighted by Gasteiger charge is 2.28. The van der Waals surface area contributed by atoms with E-state index in [4.69, 9.17) is 0 Å². The molecule has 0 aromatic heterocycles. The zero-order valence-corrected chi connectivity index (χ0v) is 17.3. The van der Waals surface area contributed by atoms with Gasteiger partial charge in [0.1, 0.15) is 5.75 Å². The van der Waals surface area contributed by atoms with E-state index in [9.17, 15) is 9.90 Å². The Hall–Kier alpha value is -2.55. The summed E-state index contributed by atoms with van der Waals surface area (Å²) < 4.78 is 0. The summed E-state index contributed by atoms with van der Waals surface area (Å²) in [6.45, 7) is 14.6. The van der Waals surface area contributed by atoms with Crippen molar-refractivity contribution in [2.75, 3.05) is 5.32 Å². The first-order valence-electron chi connectivity index (χ1n) is 9.40. The van der Waals surface area contributed by atoms with Gasteiger partial charge in [-0.15, -0.1) is 0 Å². The molecule has 142 valence electrons. The molecule has 1 aliphatic rings. The van der Waals surface area contributed by atoms with Gasteiger partial charge in [0.05, 0.1) is 0 Å². The summed E-state index contributed by atoms with van der Waals surface area (Å²) in [5.74, 6) is 0.270. The molecule has 3 heteroatoms. The number of hydrogen-bond donors (Lipinski definition) is 2. The van der Waals surface area contributed by atoms with Crippen molar-refractivity contribution < 1.29 is 9.90 Å². The van der Waals surface area contributed by atoms with Crippen LogP contribution in [0.5, 0.6) is 5.75 Å². The lowest BCUT2D eigenvalue weighted by molar-refractivity contribution is -0.110. The van der Waals surface area contributed by atoms with Gasteiger partial charge < -0.3 is 10.4 Å². The van der Waals surface area contributed by atoms with Gasteiger partial charge in [0.2, 0.25) is 0 Å². The van der Waals surface area contributed by atoms with E-state index in [1.165, 1.54) is 0 Å². The van der Waals surface area contributed by atoms with Crippen molar-refractivity contribution in [2.45, 2.75) is 59.3 Å². The first kappa shape index (κ1) is 19.2. The Labute approximate surface area is 162 Å². The molecule has 27 heavy (non-hydrogen) atoms. The summed E-state index contributed by atoms with van der Waals surface area (Å²) in [5.41, 5.74) is 5.88. The van der Waals surface area contributed by atoms with Crippen molar-refractivity contribution >= 4 is 23.2 Å². The molecule has 0 atom stereocenters. The Bertz CT molecular complexity index is 918. The van der Waals surface area contributed by atoms with Crippen molar-refractivity contribution in [1.29, 1.82) is 0 Å². The Morgan fingerprint density at radius 2 is 1.52 bits per heavy atom. The van der Waals surface area contributed by atoms with Gasteiger partial charge in [0, 0.05) is 28.0 Å². The molecule has 0 bridgehead atoms. The number of hydrogen-bond acceptors (Lipinski definition) is 2. The number of phenolic OH excluding ortho intramolecular Hbond substituents is 1. The summed E-state index contributed by atoms with van der Waals surface area (Å²) in [4.78, 5) is 12.6. The molecule has 0 fully saturated rings. The van der Waals surface area contributed by atoms with Crippen LogP contribution in [0.25, 0.3) is 11.6 Å². The molecule has 3 rings (SSSR count). The molecular formula is C24H29NO2. The molecule has 0 saturated heterocycles. The molecule has 1 amide bonds. The van der Waals surface area contributed by atoms with Crippen LogP contribution in [0.15, 0.2) is 30.3 Å². The molecule has 2 N–H and O–H groups in total. The second-order valence-electron chi connectivity index (χ2n) is 9.47. The Kier molecular flexibility index (Phi) is 4.46. The minimum atomic E-state index is -0.204. The summed E-state index contributed by atoms with van der Waals surface area (Å²) in [5, 5.41) is 13.9. The van der Waals surface area contributed by atoms with Gasteiger partial charge in [-0.25, -0.2) is 0 Å². The highest BCUT2D eigenvalue weighted by molar-refractivity contribution is 6.35. The van der Waals surface area contributed by atoms with Crippen LogP contribution in [0.1, 0.15) is 69.4 Å². The number of carbonyl (C=O) groups is 1. The van der Waals surface area contributed by atoms with E-state index in [1.54, 1.807) is 0 Å². The van der Waals surface area contributed by atoms with Crippen molar-refractivity contribution in [3.63, 3.8) is 0 Å². The maximum absolute atomic E-state index is 12.6. The molecule has 0 unspecified atom stereocenters. The number of aromatic hydroxyl groups is 1. The highest BCUT2D eigenvalue weighted by atomic mass is 16.3.